The van der Waals surface area contributed by atoms with E-state index < -0.39 is 0 Å². The standard InChI is InChI=1S/C52H38BN2/c1-30-26-38(48-45(27-30)55-44-29-33-17-9-8-16-32(33)28-41(44)51(2,3)40-21-13-22-42(53-48)50(40)55)37-25-24-34(31-14-6-5-7-15-31)47-49(37)54-43-23-12-19-36-35-18-10-11-20-39(35)52(47,4)46(36)43/h5-29,54H,1-4H3. The molecular weight excluding hydrogens is 663 g/mol. The first kappa shape index (κ1) is 31.1. The Bertz CT molecular complexity index is 2990. The molecule has 3 heteroatoms. The second-order valence-corrected chi connectivity index (χ2v) is 16.6. The molecule has 1 N–H and O–H groups in total. The Hall–Kier alpha value is -6.32. The van der Waals surface area contributed by atoms with Gasteiger partial charge in [0.05, 0.1) is 11.4 Å². The highest BCUT2D eigenvalue weighted by atomic mass is 15.2. The molecule has 8 aromatic carbocycles. The van der Waals surface area contributed by atoms with Crippen LogP contribution in [0.1, 0.15) is 54.2 Å². The number of hydrogen-bond acceptors (Lipinski definition) is 2. The van der Waals surface area contributed by atoms with Gasteiger partial charge in [0, 0.05) is 33.5 Å². The third kappa shape index (κ3) is 3.95. The molecule has 1 radical (unpaired) electrons. The fourth-order valence-electron chi connectivity index (χ4n) is 10.8. The van der Waals surface area contributed by atoms with Crippen molar-refractivity contribution in [1.29, 1.82) is 0 Å². The van der Waals surface area contributed by atoms with Crippen LogP contribution in [0.4, 0.5) is 28.4 Å². The number of aryl methyl sites for hydroxylation is 1. The first-order chi connectivity index (χ1) is 26.8. The van der Waals surface area contributed by atoms with E-state index in [0.29, 0.717) is 0 Å². The molecule has 0 bridgehead atoms. The smallest absolute Gasteiger partial charge is 0.197 e. The zero-order valence-electron chi connectivity index (χ0n) is 31.5. The van der Waals surface area contributed by atoms with Gasteiger partial charge in [0.15, 0.2) is 7.28 Å². The van der Waals surface area contributed by atoms with Crippen LogP contribution < -0.4 is 21.1 Å². The number of nitrogens with one attached hydrogen (secondary N) is 1. The molecule has 259 valence electrons. The quantitative estimate of drug-likeness (QED) is 0.181. The normalized spacial score (nSPS) is 17.2. The summed E-state index contributed by atoms with van der Waals surface area (Å²) in [6.07, 6.45) is 0. The lowest BCUT2D eigenvalue weighted by molar-refractivity contribution is 0.633. The van der Waals surface area contributed by atoms with Crippen molar-refractivity contribution in [1.82, 2.24) is 0 Å². The average Bonchev–Trinajstić information content (AvgIpc) is 3.48. The average molecular weight is 702 g/mol. The number of para-hydroxylation sites is 1. The molecule has 1 unspecified atom stereocenters. The van der Waals surface area contributed by atoms with E-state index in [1.165, 1.54) is 117 Å². The van der Waals surface area contributed by atoms with Crippen molar-refractivity contribution in [3.63, 3.8) is 0 Å². The van der Waals surface area contributed by atoms with Crippen molar-refractivity contribution in [2.24, 2.45) is 0 Å². The zero-order chi connectivity index (χ0) is 36.8. The minimum Gasteiger partial charge on any atom is -0.354 e. The highest BCUT2D eigenvalue weighted by Crippen LogP contribution is 2.62. The second-order valence-electron chi connectivity index (χ2n) is 16.6. The number of nitrogens with zero attached hydrogens (tertiary/aromatic N) is 1. The molecule has 0 fully saturated rings. The van der Waals surface area contributed by atoms with Crippen LogP contribution in [-0.4, -0.2) is 7.28 Å². The van der Waals surface area contributed by atoms with Crippen LogP contribution in [0, 0.1) is 6.92 Å². The molecule has 0 spiro atoms. The third-order valence-corrected chi connectivity index (χ3v) is 13.2. The Morgan fingerprint density at radius 3 is 2.09 bits per heavy atom. The molecule has 8 aromatic rings. The maximum Gasteiger partial charge on any atom is 0.197 e. The topological polar surface area (TPSA) is 15.3 Å². The first-order valence-electron chi connectivity index (χ1n) is 19.5. The molecule has 0 saturated heterocycles. The van der Waals surface area contributed by atoms with Crippen molar-refractivity contribution >= 4 is 57.4 Å². The summed E-state index contributed by atoms with van der Waals surface area (Å²) in [6.45, 7) is 9.50. The number of fused-ring (bicyclic) bond motifs is 10. The van der Waals surface area contributed by atoms with Gasteiger partial charge in [-0.15, -0.1) is 0 Å². The molecule has 0 aromatic heterocycles. The minimum absolute atomic E-state index is 0.158. The first-order valence-corrected chi connectivity index (χ1v) is 19.5. The van der Waals surface area contributed by atoms with Crippen LogP contribution in [-0.2, 0) is 10.8 Å². The van der Waals surface area contributed by atoms with Gasteiger partial charge in [-0.1, -0.05) is 147 Å². The number of rotatable bonds is 2. The number of hydrogen-bond donors (Lipinski definition) is 1. The SMILES string of the molecule is Cc1cc(-c2ccc(-c3ccccc3)c3c2Nc2cccc4c2C3(C)c2ccccc2-4)c2c(c1)N1c3cc4ccccc4cc3C(C)(C)c3cccc(c31)[B]2. The summed E-state index contributed by atoms with van der Waals surface area (Å²) in [7, 11) is 2.46. The van der Waals surface area contributed by atoms with Crippen LogP contribution in [0.2, 0.25) is 0 Å². The summed E-state index contributed by atoms with van der Waals surface area (Å²) in [5.74, 6) is 0. The summed E-state index contributed by atoms with van der Waals surface area (Å²) < 4.78 is 0. The fourth-order valence-corrected chi connectivity index (χ4v) is 10.8. The van der Waals surface area contributed by atoms with Gasteiger partial charge in [-0.05, 0) is 116 Å². The van der Waals surface area contributed by atoms with Gasteiger partial charge in [-0.25, -0.2) is 0 Å². The molecule has 0 saturated carbocycles. The monoisotopic (exact) mass is 701 g/mol. The van der Waals surface area contributed by atoms with E-state index in [2.05, 4.69) is 197 Å². The van der Waals surface area contributed by atoms with E-state index in [-0.39, 0.29) is 10.8 Å². The Kier molecular flexibility index (Phi) is 6.03. The van der Waals surface area contributed by atoms with Gasteiger partial charge in [0.25, 0.3) is 0 Å². The van der Waals surface area contributed by atoms with Crippen molar-refractivity contribution in [2.75, 3.05) is 10.2 Å². The lowest BCUT2D eigenvalue weighted by atomic mass is 9.55. The van der Waals surface area contributed by atoms with Gasteiger partial charge >= 0.3 is 0 Å². The van der Waals surface area contributed by atoms with E-state index >= 15 is 0 Å². The van der Waals surface area contributed by atoms with Crippen LogP contribution in [0.15, 0.2) is 152 Å². The largest absolute Gasteiger partial charge is 0.354 e. The molecular formula is C52H38BN2. The molecule has 1 atom stereocenters. The second kappa shape index (κ2) is 10.7. The van der Waals surface area contributed by atoms with E-state index in [4.69, 9.17) is 0 Å². The highest BCUT2D eigenvalue weighted by Gasteiger charge is 2.48. The minimum atomic E-state index is -0.349. The molecule has 3 heterocycles. The Morgan fingerprint density at radius 2 is 1.24 bits per heavy atom. The van der Waals surface area contributed by atoms with E-state index in [0.717, 1.165) is 0 Å². The van der Waals surface area contributed by atoms with Gasteiger partial charge < -0.3 is 10.2 Å². The van der Waals surface area contributed by atoms with Crippen LogP contribution in [0.25, 0.3) is 44.2 Å². The number of anilines is 5. The predicted octanol–water partition coefficient (Wildman–Crippen LogP) is 12.0. The van der Waals surface area contributed by atoms with Gasteiger partial charge in [0.1, 0.15) is 0 Å². The predicted molar refractivity (Wildman–Crippen MR) is 232 cm³/mol. The summed E-state index contributed by atoms with van der Waals surface area (Å²) in [6, 6.07) is 56.9. The summed E-state index contributed by atoms with van der Waals surface area (Å²) in [5.41, 5.74) is 23.9. The maximum absolute atomic E-state index is 4.10. The van der Waals surface area contributed by atoms with Crippen molar-refractivity contribution in [3.05, 3.63) is 185 Å². The third-order valence-electron chi connectivity index (χ3n) is 13.2. The lowest BCUT2D eigenvalue weighted by Gasteiger charge is -2.46. The van der Waals surface area contributed by atoms with Crippen molar-refractivity contribution < 1.29 is 0 Å². The highest BCUT2D eigenvalue weighted by molar-refractivity contribution is 6.73. The van der Waals surface area contributed by atoms with Crippen molar-refractivity contribution in [3.8, 4) is 33.4 Å². The molecule has 1 aliphatic carbocycles. The molecule has 12 rings (SSSR count). The van der Waals surface area contributed by atoms with Gasteiger partial charge in [-0.2, -0.15) is 0 Å². The van der Waals surface area contributed by atoms with Crippen LogP contribution in [0.5, 0.6) is 0 Å². The summed E-state index contributed by atoms with van der Waals surface area (Å²) in [4.78, 5) is 2.58. The lowest BCUT2D eigenvalue weighted by Crippen LogP contribution is -2.45. The molecule has 3 aliphatic heterocycles. The Morgan fingerprint density at radius 1 is 0.527 bits per heavy atom. The van der Waals surface area contributed by atoms with E-state index in [9.17, 15) is 0 Å². The summed E-state index contributed by atoms with van der Waals surface area (Å²) in [5, 5.41) is 6.64. The molecule has 4 aliphatic rings. The molecule has 0 amide bonds. The van der Waals surface area contributed by atoms with E-state index in [1.807, 2.05) is 0 Å². The van der Waals surface area contributed by atoms with E-state index in [1.54, 1.807) is 0 Å². The van der Waals surface area contributed by atoms with Gasteiger partial charge in [-0.3, -0.25) is 0 Å². The molecule has 2 nitrogen and oxygen atoms in total. The van der Waals surface area contributed by atoms with Crippen molar-refractivity contribution in [2.45, 2.75) is 38.5 Å². The zero-order valence-corrected chi connectivity index (χ0v) is 31.5. The molecule has 55 heavy (non-hydrogen) atoms. The van der Waals surface area contributed by atoms with Crippen LogP contribution in [0.3, 0.4) is 0 Å². The Labute approximate surface area is 323 Å². The maximum atomic E-state index is 4.10. The van der Waals surface area contributed by atoms with Crippen LogP contribution >= 0.6 is 0 Å². The number of benzene rings is 8. The summed E-state index contributed by atoms with van der Waals surface area (Å²) >= 11 is 0. The Balaban J connectivity index is 1.16. The fraction of sp³-hybridized carbons (Fsp3) is 0.115. The van der Waals surface area contributed by atoms with Gasteiger partial charge in [0.2, 0.25) is 0 Å².